The van der Waals surface area contributed by atoms with Crippen molar-refractivity contribution in [2.24, 2.45) is 0 Å². The van der Waals surface area contributed by atoms with Crippen LogP contribution in [0.25, 0.3) is 0 Å². The molecular formula is C14H14FNOS. The second kappa shape index (κ2) is 5.31. The van der Waals surface area contributed by atoms with Gasteiger partial charge in [-0.15, -0.1) is 0 Å². The molecule has 1 atom stereocenters. The number of aryl methyl sites for hydroxylation is 1. The maximum Gasteiger partial charge on any atom is 0.125 e. The molecule has 0 aliphatic carbocycles. The van der Waals surface area contributed by atoms with Gasteiger partial charge < -0.3 is 5.73 Å². The SMILES string of the molecule is Cc1ccc(S(=O)Cc2cc(N)cc(F)c2)cc1. The van der Waals surface area contributed by atoms with E-state index in [0.717, 1.165) is 10.5 Å². The summed E-state index contributed by atoms with van der Waals surface area (Å²) >= 11 is 0. The second-order valence-corrected chi connectivity index (χ2v) is 5.65. The van der Waals surface area contributed by atoms with E-state index < -0.39 is 16.6 Å². The maximum absolute atomic E-state index is 13.2. The minimum absolute atomic E-state index is 0.269. The summed E-state index contributed by atoms with van der Waals surface area (Å²) in [5.41, 5.74) is 7.67. The Bertz CT molecular complexity index is 561. The lowest BCUT2D eigenvalue weighted by atomic mass is 10.2. The molecule has 94 valence electrons. The third-order valence-corrected chi connectivity index (χ3v) is 3.96. The molecule has 0 saturated carbocycles. The van der Waals surface area contributed by atoms with Crippen molar-refractivity contribution in [3.8, 4) is 0 Å². The molecule has 0 aromatic heterocycles. The van der Waals surface area contributed by atoms with Gasteiger partial charge in [0, 0.05) is 10.6 Å². The number of hydrogen-bond donors (Lipinski definition) is 1. The summed E-state index contributed by atoms with van der Waals surface area (Å²) in [6.07, 6.45) is 0. The van der Waals surface area contributed by atoms with Gasteiger partial charge in [-0.25, -0.2) is 4.39 Å². The van der Waals surface area contributed by atoms with Gasteiger partial charge in [0.1, 0.15) is 5.82 Å². The Labute approximate surface area is 108 Å². The fourth-order valence-corrected chi connectivity index (χ4v) is 2.76. The van der Waals surface area contributed by atoms with E-state index >= 15 is 0 Å². The van der Waals surface area contributed by atoms with E-state index in [-0.39, 0.29) is 5.75 Å². The second-order valence-electron chi connectivity index (χ2n) is 4.20. The van der Waals surface area contributed by atoms with E-state index in [9.17, 15) is 8.60 Å². The number of hydrogen-bond acceptors (Lipinski definition) is 2. The van der Waals surface area contributed by atoms with Crippen LogP contribution < -0.4 is 5.73 Å². The van der Waals surface area contributed by atoms with Gasteiger partial charge in [0.2, 0.25) is 0 Å². The van der Waals surface area contributed by atoms with Crippen LogP contribution in [0.15, 0.2) is 47.4 Å². The van der Waals surface area contributed by atoms with Gasteiger partial charge in [-0.2, -0.15) is 0 Å². The zero-order chi connectivity index (χ0) is 13.1. The summed E-state index contributed by atoms with van der Waals surface area (Å²) in [6.45, 7) is 1.97. The third kappa shape index (κ3) is 3.17. The molecule has 0 amide bonds. The topological polar surface area (TPSA) is 43.1 Å². The monoisotopic (exact) mass is 263 g/mol. The molecule has 0 aliphatic rings. The lowest BCUT2D eigenvalue weighted by molar-refractivity contribution is 0.627. The van der Waals surface area contributed by atoms with Crippen LogP contribution in [0.3, 0.4) is 0 Å². The molecule has 0 heterocycles. The van der Waals surface area contributed by atoms with Crippen LogP contribution in [0.4, 0.5) is 10.1 Å². The molecule has 2 aromatic rings. The van der Waals surface area contributed by atoms with Crippen molar-refractivity contribution in [3.63, 3.8) is 0 Å². The van der Waals surface area contributed by atoms with Crippen LogP contribution in [0.5, 0.6) is 0 Å². The van der Waals surface area contributed by atoms with Crippen molar-refractivity contribution in [2.75, 3.05) is 5.73 Å². The number of halogens is 1. The number of nitrogen functional groups attached to an aromatic ring is 1. The Morgan fingerprint density at radius 3 is 2.44 bits per heavy atom. The minimum atomic E-state index is -1.18. The van der Waals surface area contributed by atoms with Crippen LogP contribution in [0.1, 0.15) is 11.1 Å². The van der Waals surface area contributed by atoms with Gasteiger partial charge in [0.05, 0.1) is 16.6 Å². The van der Waals surface area contributed by atoms with E-state index in [0.29, 0.717) is 11.3 Å². The first-order valence-corrected chi connectivity index (χ1v) is 6.86. The Balaban J connectivity index is 2.18. The molecule has 0 fully saturated rings. The maximum atomic E-state index is 13.2. The van der Waals surface area contributed by atoms with Crippen LogP contribution in [0.2, 0.25) is 0 Å². The van der Waals surface area contributed by atoms with Gasteiger partial charge >= 0.3 is 0 Å². The zero-order valence-electron chi connectivity index (χ0n) is 10.0. The highest BCUT2D eigenvalue weighted by Crippen LogP contribution is 2.16. The molecule has 2 N–H and O–H groups in total. The summed E-state index contributed by atoms with van der Waals surface area (Å²) in [4.78, 5) is 0.739. The van der Waals surface area contributed by atoms with E-state index in [4.69, 9.17) is 5.73 Å². The van der Waals surface area contributed by atoms with Crippen LogP contribution >= 0.6 is 0 Å². The highest BCUT2D eigenvalue weighted by atomic mass is 32.2. The molecule has 2 aromatic carbocycles. The van der Waals surface area contributed by atoms with Gasteiger partial charge in [0.15, 0.2) is 0 Å². The van der Waals surface area contributed by atoms with Crippen molar-refractivity contribution >= 4 is 16.5 Å². The number of anilines is 1. The Morgan fingerprint density at radius 1 is 1.17 bits per heavy atom. The average Bonchev–Trinajstić information content (AvgIpc) is 2.28. The fraction of sp³-hybridized carbons (Fsp3) is 0.143. The predicted octanol–water partition coefficient (Wildman–Crippen LogP) is 3.02. The molecule has 0 bridgehead atoms. The van der Waals surface area contributed by atoms with Crippen LogP contribution in [-0.2, 0) is 16.6 Å². The molecule has 0 saturated heterocycles. The summed E-state index contributed by atoms with van der Waals surface area (Å²) in [5, 5.41) is 0. The summed E-state index contributed by atoms with van der Waals surface area (Å²) in [6, 6.07) is 11.7. The van der Waals surface area contributed by atoms with E-state index in [1.54, 1.807) is 6.07 Å². The van der Waals surface area contributed by atoms with Crippen molar-refractivity contribution in [2.45, 2.75) is 17.6 Å². The molecule has 2 rings (SSSR count). The van der Waals surface area contributed by atoms with Crippen molar-refractivity contribution in [3.05, 3.63) is 59.4 Å². The van der Waals surface area contributed by atoms with E-state index in [2.05, 4.69) is 0 Å². The molecule has 0 radical (unpaired) electrons. The first kappa shape index (κ1) is 12.8. The van der Waals surface area contributed by atoms with Crippen molar-refractivity contribution in [1.29, 1.82) is 0 Å². The number of rotatable bonds is 3. The van der Waals surface area contributed by atoms with Gasteiger partial charge in [-0.05, 0) is 42.8 Å². The molecule has 2 nitrogen and oxygen atoms in total. The zero-order valence-corrected chi connectivity index (χ0v) is 10.8. The fourth-order valence-electron chi connectivity index (χ4n) is 1.68. The Kier molecular flexibility index (Phi) is 3.77. The lowest BCUT2D eigenvalue weighted by Crippen LogP contribution is -1.98. The van der Waals surface area contributed by atoms with Crippen molar-refractivity contribution in [1.82, 2.24) is 0 Å². The standard InChI is InChI=1S/C14H14FNOS/c1-10-2-4-14(5-3-10)18(17)9-11-6-12(15)8-13(16)7-11/h2-8H,9,16H2,1H3. The Morgan fingerprint density at radius 2 is 1.83 bits per heavy atom. The number of benzene rings is 2. The molecular weight excluding hydrogens is 249 g/mol. The molecule has 0 spiro atoms. The number of nitrogens with two attached hydrogens (primary N) is 1. The van der Waals surface area contributed by atoms with Gasteiger partial charge in [0.25, 0.3) is 0 Å². The smallest absolute Gasteiger partial charge is 0.125 e. The van der Waals surface area contributed by atoms with E-state index in [1.165, 1.54) is 12.1 Å². The quantitative estimate of drug-likeness (QED) is 0.865. The van der Waals surface area contributed by atoms with Crippen LogP contribution in [0, 0.1) is 12.7 Å². The average molecular weight is 263 g/mol. The summed E-state index contributed by atoms with van der Waals surface area (Å²) < 4.78 is 25.3. The molecule has 0 aliphatic heterocycles. The first-order valence-electron chi connectivity index (χ1n) is 5.54. The first-order chi connectivity index (χ1) is 8.54. The largest absolute Gasteiger partial charge is 0.399 e. The highest BCUT2D eigenvalue weighted by molar-refractivity contribution is 7.84. The molecule has 1 unspecified atom stereocenters. The highest BCUT2D eigenvalue weighted by Gasteiger charge is 2.06. The molecule has 4 heteroatoms. The lowest BCUT2D eigenvalue weighted by Gasteiger charge is -2.04. The normalized spacial score (nSPS) is 12.3. The summed E-state index contributed by atoms with van der Waals surface area (Å²) in [5.74, 6) is -0.128. The predicted molar refractivity (Wildman–Crippen MR) is 72.1 cm³/mol. The minimum Gasteiger partial charge on any atom is -0.399 e. The van der Waals surface area contributed by atoms with Gasteiger partial charge in [-0.1, -0.05) is 17.7 Å². The van der Waals surface area contributed by atoms with E-state index in [1.807, 2.05) is 31.2 Å². The summed E-state index contributed by atoms with van der Waals surface area (Å²) in [7, 11) is -1.18. The van der Waals surface area contributed by atoms with Gasteiger partial charge in [-0.3, -0.25) is 4.21 Å². The van der Waals surface area contributed by atoms with Crippen molar-refractivity contribution < 1.29 is 8.60 Å². The molecule has 18 heavy (non-hydrogen) atoms. The Hall–Kier alpha value is -1.68. The third-order valence-electron chi connectivity index (χ3n) is 2.56. The van der Waals surface area contributed by atoms with Crippen LogP contribution in [-0.4, -0.2) is 4.21 Å².